The molecule has 0 atom stereocenters. The lowest BCUT2D eigenvalue weighted by Gasteiger charge is -2.33. The molecule has 19 heavy (non-hydrogen) atoms. The van der Waals surface area contributed by atoms with Gasteiger partial charge in [0.05, 0.1) is 12.5 Å². The molecule has 4 nitrogen and oxygen atoms in total. The summed E-state index contributed by atoms with van der Waals surface area (Å²) in [5, 5.41) is 12.8. The molecular formula is C15H21NO3. The van der Waals surface area contributed by atoms with Gasteiger partial charge in [-0.25, -0.2) is 0 Å². The lowest BCUT2D eigenvalue weighted by Crippen LogP contribution is -2.43. The largest absolute Gasteiger partial charge is 0.496 e. The van der Waals surface area contributed by atoms with Gasteiger partial charge in [-0.3, -0.25) is 4.79 Å². The number of benzene rings is 1. The monoisotopic (exact) mass is 263 g/mol. The van der Waals surface area contributed by atoms with E-state index in [0.29, 0.717) is 19.3 Å². The maximum Gasteiger partial charge on any atom is 0.310 e. The van der Waals surface area contributed by atoms with Gasteiger partial charge in [0.1, 0.15) is 5.75 Å². The Morgan fingerprint density at radius 1 is 1.42 bits per heavy atom. The van der Waals surface area contributed by atoms with Gasteiger partial charge in [-0.1, -0.05) is 12.1 Å². The van der Waals surface area contributed by atoms with Crippen molar-refractivity contribution in [2.45, 2.75) is 26.2 Å². The second kappa shape index (κ2) is 5.61. The van der Waals surface area contributed by atoms with Crippen LogP contribution in [0.15, 0.2) is 18.2 Å². The zero-order valence-electron chi connectivity index (χ0n) is 11.5. The third kappa shape index (κ3) is 2.89. The Kier molecular flexibility index (Phi) is 4.10. The maximum absolute atomic E-state index is 11.6. The van der Waals surface area contributed by atoms with Gasteiger partial charge >= 0.3 is 5.97 Å². The first kappa shape index (κ1) is 13.9. The molecule has 0 radical (unpaired) electrons. The first-order valence-corrected chi connectivity index (χ1v) is 6.65. The zero-order valence-corrected chi connectivity index (χ0v) is 11.5. The molecule has 0 aliphatic carbocycles. The van der Waals surface area contributed by atoms with Crippen molar-refractivity contribution in [1.82, 2.24) is 5.32 Å². The van der Waals surface area contributed by atoms with Gasteiger partial charge in [0.15, 0.2) is 0 Å². The Morgan fingerprint density at radius 2 is 2.11 bits per heavy atom. The number of aliphatic carboxylic acids is 1. The summed E-state index contributed by atoms with van der Waals surface area (Å²) in [4.78, 5) is 11.6. The Balaban J connectivity index is 2.22. The molecule has 1 aromatic carbocycles. The van der Waals surface area contributed by atoms with Crippen molar-refractivity contribution in [2.75, 3.05) is 20.2 Å². The van der Waals surface area contributed by atoms with E-state index in [9.17, 15) is 9.90 Å². The zero-order chi connectivity index (χ0) is 13.9. The van der Waals surface area contributed by atoms with Crippen molar-refractivity contribution in [3.8, 4) is 5.75 Å². The standard InChI is InChI=1S/C15H21NO3/c1-11-9-12(3-4-13(11)19-2)10-15(14(17)18)5-7-16-8-6-15/h3-4,9,16H,5-8,10H2,1-2H3,(H,17,18). The minimum Gasteiger partial charge on any atom is -0.496 e. The number of rotatable bonds is 4. The van der Waals surface area contributed by atoms with Crippen LogP contribution in [0.4, 0.5) is 0 Å². The molecule has 0 amide bonds. The summed E-state index contributed by atoms with van der Waals surface area (Å²) in [6.07, 6.45) is 1.97. The maximum atomic E-state index is 11.6. The van der Waals surface area contributed by atoms with Crippen molar-refractivity contribution in [3.63, 3.8) is 0 Å². The van der Waals surface area contributed by atoms with E-state index in [4.69, 9.17) is 4.74 Å². The van der Waals surface area contributed by atoms with Crippen LogP contribution in [-0.2, 0) is 11.2 Å². The Hall–Kier alpha value is -1.55. The predicted molar refractivity (Wildman–Crippen MR) is 73.6 cm³/mol. The summed E-state index contributed by atoms with van der Waals surface area (Å²) in [5.74, 6) is 0.168. The second-order valence-electron chi connectivity index (χ2n) is 5.32. The molecule has 0 bridgehead atoms. The van der Waals surface area contributed by atoms with Crippen LogP contribution in [0.3, 0.4) is 0 Å². The van der Waals surface area contributed by atoms with Crippen LogP contribution in [0.25, 0.3) is 0 Å². The minimum absolute atomic E-state index is 0.592. The molecule has 104 valence electrons. The molecule has 4 heteroatoms. The van der Waals surface area contributed by atoms with Crippen LogP contribution >= 0.6 is 0 Å². The number of nitrogens with one attached hydrogen (secondary N) is 1. The van der Waals surface area contributed by atoms with Gasteiger partial charge < -0.3 is 15.2 Å². The summed E-state index contributed by atoms with van der Waals surface area (Å²) in [6, 6.07) is 5.92. The molecule has 2 rings (SSSR count). The van der Waals surface area contributed by atoms with Gasteiger partial charge in [0.2, 0.25) is 0 Å². The molecule has 2 N–H and O–H groups in total. The highest BCUT2D eigenvalue weighted by molar-refractivity contribution is 5.75. The molecule has 1 fully saturated rings. The van der Waals surface area contributed by atoms with E-state index >= 15 is 0 Å². The number of carboxylic acids is 1. The minimum atomic E-state index is -0.678. The summed E-state index contributed by atoms with van der Waals surface area (Å²) in [6.45, 7) is 3.54. The predicted octanol–water partition coefficient (Wildman–Crippen LogP) is 2.00. The fourth-order valence-electron chi connectivity index (χ4n) is 2.81. The van der Waals surface area contributed by atoms with Crippen molar-refractivity contribution in [3.05, 3.63) is 29.3 Å². The summed E-state index contributed by atoms with van der Waals surface area (Å²) in [7, 11) is 1.65. The highest BCUT2D eigenvalue weighted by Crippen LogP contribution is 2.34. The topological polar surface area (TPSA) is 58.6 Å². The van der Waals surface area contributed by atoms with E-state index in [1.165, 1.54) is 0 Å². The molecule has 0 unspecified atom stereocenters. The summed E-state index contributed by atoms with van der Waals surface area (Å²) in [5.41, 5.74) is 1.50. The van der Waals surface area contributed by atoms with E-state index < -0.39 is 11.4 Å². The van der Waals surface area contributed by atoms with E-state index in [1.54, 1.807) is 7.11 Å². The van der Waals surface area contributed by atoms with E-state index in [0.717, 1.165) is 30.0 Å². The fourth-order valence-corrected chi connectivity index (χ4v) is 2.81. The second-order valence-corrected chi connectivity index (χ2v) is 5.32. The summed E-state index contributed by atoms with van der Waals surface area (Å²) >= 11 is 0. The lowest BCUT2D eigenvalue weighted by atomic mass is 9.74. The first-order valence-electron chi connectivity index (χ1n) is 6.65. The Bertz CT molecular complexity index is 464. The number of piperidine rings is 1. The van der Waals surface area contributed by atoms with Crippen LogP contribution in [0.1, 0.15) is 24.0 Å². The molecule has 1 aliphatic heterocycles. The van der Waals surface area contributed by atoms with Gasteiger partial charge in [0.25, 0.3) is 0 Å². The molecule has 1 aliphatic rings. The average Bonchev–Trinajstić information content (AvgIpc) is 2.40. The number of carbonyl (C=O) groups is 1. The van der Waals surface area contributed by atoms with E-state index in [1.807, 2.05) is 25.1 Å². The van der Waals surface area contributed by atoms with Crippen molar-refractivity contribution >= 4 is 5.97 Å². The number of hydrogen-bond donors (Lipinski definition) is 2. The average molecular weight is 263 g/mol. The molecular weight excluding hydrogens is 242 g/mol. The fraction of sp³-hybridized carbons (Fsp3) is 0.533. The Morgan fingerprint density at radius 3 is 2.63 bits per heavy atom. The third-order valence-corrected chi connectivity index (χ3v) is 4.02. The number of hydrogen-bond acceptors (Lipinski definition) is 3. The van der Waals surface area contributed by atoms with Crippen LogP contribution in [-0.4, -0.2) is 31.3 Å². The van der Waals surface area contributed by atoms with Gasteiger partial charge in [-0.15, -0.1) is 0 Å². The van der Waals surface area contributed by atoms with Crippen LogP contribution < -0.4 is 10.1 Å². The van der Waals surface area contributed by atoms with E-state index in [-0.39, 0.29) is 0 Å². The molecule has 1 saturated heterocycles. The number of aryl methyl sites for hydroxylation is 1. The van der Waals surface area contributed by atoms with Gasteiger partial charge in [0, 0.05) is 0 Å². The van der Waals surface area contributed by atoms with Crippen molar-refractivity contribution in [2.24, 2.45) is 5.41 Å². The first-order chi connectivity index (χ1) is 9.07. The third-order valence-electron chi connectivity index (χ3n) is 4.02. The van der Waals surface area contributed by atoms with Crippen LogP contribution in [0.5, 0.6) is 5.75 Å². The molecule has 1 aromatic rings. The number of ether oxygens (including phenoxy) is 1. The van der Waals surface area contributed by atoms with Crippen LogP contribution in [0.2, 0.25) is 0 Å². The molecule has 0 saturated carbocycles. The SMILES string of the molecule is COc1ccc(CC2(C(=O)O)CCNCC2)cc1C. The molecule has 0 spiro atoms. The summed E-state index contributed by atoms with van der Waals surface area (Å²) < 4.78 is 5.24. The Labute approximate surface area is 113 Å². The van der Waals surface area contributed by atoms with Gasteiger partial charge in [-0.2, -0.15) is 0 Å². The molecule has 1 heterocycles. The lowest BCUT2D eigenvalue weighted by molar-refractivity contribution is -0.150. The molecule has 0 aromatic heterocycles. The highest BCUT2D eigenvalue weighted by atomic mass is 16.5. The highest BCUT2D eigenvalue weighted by Gasteiger charge is 2.39. The van der Waals surface area contributed by atoms with Crippen molar-refractivity contribution < 1.29 is 14.6 Å². The van der Waals surface area contributed by atoms with Gasteiger partial charge in [-0.05, 0) is 56.5 Å². The normalized spacial score (nSPS) is 18.0. The number of carboxylic acid groups (broad SMARTS) is 1. The smallest absolute Gasteiger partial charge is 0.310 e. The van der Waals surface area contributed by atoms with Crippen molar-refractivity contribution in [1.29, 1.82) is 0 Å². The van der Waals surface area contributed by atoms with Crippen LogP contribution in [0, 0.1) is 12.3 Å². The number of methoxy groups -OCH3 is 1. The quantitative estimate of drug-likeness (QED) is 0.872. The van der Waals surface area contributed by atoms with E-state index in [2.05, 4.69) is 5.32 Å².